The molecule has 0 radical (unpaired) electrons. The number of rotatable bonds is 9. The molecule has 0 fully saturated rings. The highest BCUT2D eigenvalue weighted by atomic mass is 16.5. The standard InChI is InChI=1S/C17H26N2O2/c1-3-5-6-7-8-11-21-13-9-10-14-15(12-13)19-17(20)16(14)18-4-2/h9-10,12,16,18H,3-8,11H2,1-2H3,(H,19,20). The summed E-state index contributed by atoms with van der Waals surface area (Å²) in [7, 11) is 0. The van der Waals surface area contributed by atoms with E-state index < -0.39 is 0 Å². The highest BCUT2D eigenvalue weighted by Crippen LogP contribution is 2.33. The number of carbonyl (C=O) groups is 1. The molecule has 1 heterocycles. The van der Waals surface area contributed by atoms with Gasteiger partial charge in [-0.3, -0.25) is 4.79 Å². The molecule has 1 unspecified atom stereocenters. The van der Waals surface area contributed by atoms with Crippen LogP contribution in [0, 0.1) is 0 Å². The van der Waals surface area contributed by atoms with E-state index in [9.17, 15) is 4.79 Å². The lowest BCUT2D eigenvalue weighted by atomic mass is 10.1. The molecule has 116 valence electrons. The fourth-order valence-electron chi connectivity index (χ4n) is 2.63. The van der Waals surface area contributed by atoms with Crippen molar-refractivity contribution in [3.05, 3.63) is 23.8 Å². The molecule has 0 aromatic heterocycles. The minimum absolute atomic E-state index is 0.0172. The van der Waals surface area contributed by atoms with Crippen LogP contribution in [-0.2, 0) is 4.79 Å². The zero-order chi connectivity index (χ0) is 15.1. The normalized spacial score (nSPS) is 16.7. The summed E-state index contributed by atoms with van der Waals surface area (Å²) in [5.74, 6) is 0.852. The average Bonchev–Trinajstić information content (AvgIpc) is 2.79. The molecule has 1 aromatic carbocycles. The Balaban J connectivity index is 1.85. The van der Waals surface area contributed by atoms with Gasteiger partial charge in [-0.25, -0.2) is 0 Å². The molecule has 4 nitrogen and oxygen atoms in total. The van der Waals surface area contributed by atoms with Crippen molar-refractivity contribution < 1.29 is 9.53 Å². The number of hydrogen-bond acceptors (Lipinski definition) is 3. The van der Waals surface area contributed by atoms with E-state index in [4.69, 9.17) is 4.74 Å². The second-order valence-electron chi connectivity index (χ2n) is 5.49. The van der Waals surface area contributed by atoms with Crippen LogP contribution < -0.4 is 15.4 Å². The summed E-state index contributed by atoms with van der Waals surface area (Å²) in [5, 5.41) is 6.10. The number of likely N-dealkylation sites (N-methyl/N-ethyl adjacent to an activating group) is 1. The van der Waals surface area contributed by atoms with Gasteiger partial charge >= 0.3 is 0 Å². The van der Waals surface area contributed by atoms with Crippen LogP contribution in [0.4, 0.5) is 5.69 Å². The van der Waals surface area contributed by atoms with Crippen LogP contribution in [0.3, 0.4) is 0 Å². The molecule has 1 atom stereocenters. The van der Waals surface area contributed by atoms with Gasteiger partial charge in [-0.2, -0.15) is 0 Å². The van der Waals surface area contributed by atoms with E-state index in [1.54, 1.807) is 0 Å². The number of anilines is 1. The van der Waals surface area contributed by atoms with Gasteiger partial charge in [0, 0.05) is 17.3 Å². The van der Waals surface area contributed by atoms with Gasteiger partial charge < -0.3 is 15.4 Å². The first-order valence-corrected chi connectivity index (χ1v) is 8.07. The van der Waals surface area contributed by atoms with Crippen LogP contribution in [0.5, 0.6) is 5.75 Å². The molecule has 21 heavy (non-hydrogen) atoms. The summed E-state index contributed by atoms with van der Waals surface area (Å²) >= 11 is 0. The van der Waals surface area contributed by atoms with Crippen molar-refractivity contribution in [1.82, 2.24) is 5.32 Å². The number of carbonyl (C=O) groups excluding carboxylic acids is 1. The molecule has 0 saturated heterocycles. The summed E-state index contributed by atoms with van der Waals surface area (Å²) in [6, 6.07) is 5.63. The zero-order valence-corrected chi connectivity index (χ0v) is 13.1. The van der Waals surface area contributed by atoms with Crippen LogP contribution in [0.15, 0.2) is 18.2 Å². The van der Waals surface area contributed by atoms with E-state index in [1.165, 1.54) is 25.7 Å². The Bertz CT molecular complexity index is 474. The molecule has 1 amide bonds. The summed E-state index contributed by atoms with van der Waals surface area (Å²) in [6.45, 7) is 5.73. The summed E-state index contributed by atoms with van der Waals surface area (Å²) in [4.78, 5) is 11.9. The third kappa shape index (κ3) is 4.21. The second-order valence-corrected chi connectivity index (χ2v) is 5.49. The van der Waals surface area contributed by atoms with E-state index in [2.05, 4.69) is 17.6 Å². The third-order valence-corrected chi connectivity index (χ3v) is 3.78. The number of amides is 1. The van der Waals surface area contributed by atoms with Gasteiger partial charge in [0.15, 0.2) is 0 Å². The first-order valence-electron chi connectivity index (χ1n) is 8.07. The van der Waals surface area contributed by atoms with Gasteiger partial charge in [0.25, 0.3) is 0 Å². The molecular formula is C17H26N2O2. The van der Waals surface area contributed by atoms with Gasteiger partial charge in [-0.15, -0.1) is 0 Å². The van der Waals surface area contributed by atoms with Crippen molar-refractivity contribution in [3.63, 3.8) is 0 Å². The lowest BCUT2D eigenvalue weighted by molar-refractivity contribution is -0.117. The predicted octanol–water partition coefficient (Wildman–Crippen LogP) is 3.64. The lowest BCUT2D eigenvalue weighted by Gasteiger charge is -2.10. The quantitative estimate of drug-likeness (QED) is 0.683. The van der Waals surface area contributed by atoms with Crippen LogP contribution >= 0.6 is 0 Å². The molecule has 0 aliphatic carbocycles. The molecular weight excluding hydrogens is 264 g/mol. The minimum atomic E-state index is -0.229. The van der Waals surface area contributed by atoms with Crippen molar-refractivity contribution in [2.75, 3.05) is 18.5 Å². The first kappa shape index (κ1) is 15.8. The summed E-state index contributed by atoms with van der Waals surface area (Å²) in [5.41, 5.74) is 1.88. The molecule has 4 heteroatoms. The molecule has 2 N–H and O–H groups in total. The topological polar surface area (TPSA) is 50.4 Å². The Morgan fingerprint density at radius 2 is 2.00 bits per heavy atom. The monoisotopic (exact) mass is 290 g/mol. The first-order chi connectivity index (χ1) is 10.3. The van der Waals surface area contributed by atoms with Gasteiger partial charge in [-0.1, -0.05) is 45.6 Å². The lowest BCUT2D eigenvalue weighted by Crippen LogP contribution is -2.27. The number of benzene rings is 1. The van der Waals surface area contributed by atoms with E-state index in [-0.39, 0.29) is 11.9 Å². The Labute approximate surface area is 127 Å². The van der Waals surface area contributed by atoms with Gasteiger partial charge in [0.1, 0.15) is 11.8 Å². The number of hydrogen-bond donors (Lipinski definition) is 2. The maximum Gasteiger partial charge on any atom is 0.246 e. The average molecular weight is 290 g/mol. The van der Waals surface area contributed by atoms with Gasteiger partial charge in [0.2, 0.25) is 5.91 Å². The highest BCUT2D eigenvalue weighted by Gasteiger charge is 2.29. The van der Waals surface area contributed by atoms with Gasteiger partial charge in [-0.05, 0) is 19.0 Å². The van der Waals surface area contributed by atoms with Crippen molar-refractivity contribution >= 4 is 11.6 Å². The third-order valence-electron chi connectivity index (χ3n) is 3.78. The number of ether oxygens (including phenoxy) is 1. The molecule has 1 aliphatic rings. The minimum Gasteiger partial charge on any atom is -0.494 e. The summed E-state index contributed by atoms with van der Waals surface area (Å²) < 4.78 is 5.77. The van der Waals surface area contributed by atoms with Crippen molar-refractivity contribution in [1.29, 1.82) is 0 Å². The Morgan fingerprint density at radius 1 is 1.19 bits per heavy atom. The fourth-order valence-corrected chi connectivity index (χ4v) is 2.63. The Morgan fingerprint density at radius 3 is 2.76 bits per heavy atom. The number of fused-ring (bicyclic) bond motifs is 1. The predicted molar refractivity (Wildman–Crippen MR) is 85.7 cm³/mol. The fraction of sp³-hybridized carbons (Fsp3) is 0.588. The van der Waals surface area contributed by atoms with Crippen LogP contribution in [0.25, 0.3) is 0 Å². The van der Waals surface area contributed by atoms with Crippen molar-refractivity contribution in [2.24, 2.45) is 0 Å². The SMILES string of the molecule is CCCCCCCOc1ccc2c(c1)NC(=O)C2NCC. The van der Waals surface area contributed by atoms with Crippen LogP contribution in [0.1, 0.15) is 57.6 Å². The Kier molecular flexibility index (Phi) is 6.05. The zero-order valence-electron chi connectivity index (χ0n) is 13.1. The molecule has 0 spiro atoms. The largest absolute Gasteiger partial charge is 0.494 e. The molecule has 0 saturated carbocycles. The van der Waals surface area contributed by atoms with Crippen molar-refractivity contribution in [2.45, 2.75) is 52.0 Å². The molecule has 0 bridgehead atoms. The maximum absolute atomic E-state index is 11.9. The highest BCUT2D eigenvalue weighted by molar-refractivity contribution is 6.02. The van der Waals surface area contributed by atoms with Gasteiger partial charge in [0.05, 0.1) is 6.61 Å². The van der Waals surface area contributed by atoms with E-state index in [1.807, 2.05) is 25.1 Å². The second kappa shape index (κ2) is 8.03. The number of nitrogens with one attached hydrogen (secondary N) is 2. The Hall–Kier alpha value is -1.55. The van der Waals surface area contributed by atoms with E-state index in [0.29, 0.717) is 0 Å². The molecule has 2 rings (SSSR count). The van der Waals surface area contributed by atoms with E-state index in [0.717, 1.165) is 36.6 Å². The van der Waals surface area contributed by atoms with Crippen LogP contribution in [-0.4, -0.2) is 19.1 Å². The van der Waals surface area contributed by atoms with Crippen molar-refractivity contribution in [3.8, 4) is 5.75 Å². The van der Waals surface area contributed by atoms with E-state index >= 15 is 0 Å². The molecule has 1 aromatic rings. The molecule has 1 aliphatic heterocycles. The smallest absolute Gasteiger partial charge is 0.246 e. The maximum atomic E-state index is 11.9. The summed E-state index contributed by atoms with van der Waals surface area (Å²) in [6.07, 6.45) is 6.15. The number of unbranched alkanes of at least 4 members (excludes halogenated alkanes) is 4. The van der Waals surface area contributed by atoms with Crippen LogP contribution in [0.2, 0.25) is 0 Å².